The highest BCUT2D eigenvalue weighted by atomic mass is 16.4. The number of unbranched alkanes of at least 4 members (excludes halogenated alkanes) is 2. The molecule has 0 saturated heterocycles. The maximum absolute atomic E-state index is 10.4. The maximum Gasteiger partial charge on any atom is 0.303 e. The summed E-state index contributed by atoms with van der Waals surface area (Å²) in [5, 5.41) is 28.2. The summed E-state index contributed by atoms with van der Waals surface area (Å²) in [7, 11) is 0. The lowest BCUT2D eigenvalue weighted by Crippen LogP contribution is -2.03. The van der Waals surface area contributed by atoms with Crippen molar-refractivity contribution in [1.82, 2.24) is 0 Å². The molecule has 0 aromatic heterocycles. The fourth-order valence-electron chi connectivity index (χ4n) is 1.76. The minimum Gasteiger partial charge on any atom is -0.481 e. The van der Waals surface area contributed by atoms with E-state index in [0.717, 1.165) is 19.3 Å². The van der Waals surface area contributed by atoms with Gasteiger partial charge in [0.05, 0.1) is 17.7 Å². The average Bonchev–Trinajstić information content (AvgIpc) is 2.63. The highest BCUT2D eigenvalue weighted by Gasteiger charge is 2.01. The van der Waals surface area contributed by atoms with Gasteiger partial charge < -0.3 is 15.3 Å². The van der Waals surface area contributed by atoms with Crippen molar-refractivity contribution in [3.63, 3.8) is 0 Å². The Balaban J connectivity index is 4.55. The van der Waals surface area contributed by atoms with E-state index in [1.165, 1.54) is 24.3 Å². The van der Waals surface area contributed by atoms with Crippen LogP contribution in [-0.4, -0.2) is 33.5 Å². The lowest BCUT2D eigenvalue weighted by Gasteiger charge is -2.02. The first-order valence-corrected chi connectivity index (χ1v) is 8.44. The second kappa shape index (κ2) is 16.2. The Labute approximate surface area is 151 Å². The van der Waals surface area contributed by atoms with E-state index in [4.69, 9.17) is 10.6 Å². The van der Waals surface area contributed by atoms with Crippen LogP contribution < -0.4 is 0 Å². The van der Waals surface area contributed by atoms with Crippen molar-refractivity contribution in [2.24, 2.45) is 0 Å². The zero-order valence-corrected chi connectivity index (χ0v) is 14.4. The Kier molecular flexibility index (Phi) is 10.7. The summed E-state index contributed by atoms with van der Waals surface area (Å²) in [5.41, 5.74) is 0. The minimum atomic E-state index is -1.19. The van der Waals surface area contributed by atoms with Crippen molar-refractivity contribution in [2.45, 2.75) is 70.5 Å². The van der Waals surface area contributed by atoms with Crippen molar-refractivity contribution in [2.75, 3.05) is 0 Å². The van der Waals surface area contributed by atoms with Crippen LogP contribution in [0.15, 0.2) is 48.5 Å². The largest absolute Gasteiger partial charge is 0.481 e. The zero-order chi connectivity index (χ0) is 21.5. The van der Waals surface area contributed by atoms with Crippen molar-refractivity contribution < 1.29 is 25.6 Å². The number of aliphatic carboxylic acids is 1. The normalized spacial score (nSPS) is 19.1. The number of aliphatic hydroxyl groups is 2. The van der Waals surface area contributed by atoms with Crippen molar-refractivity contribution >= 4 is 5.97 Å². The smallest absolute Gasteiger partial charge is 0.303 e. The molecule has 0 aromatic carbocycles. The molecule has 2 atom stereocenters. The number of aliphatic hydroxyl groups excluding tert-OH is 2. The van der Waals surface area contributed by atoms with Crippen LogP contribution in [0.25, 0.3) is 0 Å². The van der Waals surface area contributed by atoms with Crippen LogP contribution in [0, 0.1) is 0 Å². The fourth-order valence-corrected chi connectivity index (χ4v) is 1.76. The molecule has 0 radical (unpaired) electrons. The number of carbonyl (C=O) groups is 1. The first kappa shape index (κ1) is 15.9. The van der Waals surface area contributed by atoms with Gasteiger partial charge in [0.1, 0.15) is 0 Å². The van der Waals surface area contributed by atoms with Crippen LogP contribution in [0.3, 0.4) is 0 Å². The monoisotopic (exact) mass is 340 g/mol. The average molecular weight is 340 g/mol. The van der Waals surface area contributed by atoms with Crippen LogP contribution in [-0.2, 0) is 4.79 Å². The fraction of sp³-hybridized carbons (Fsp3) is 0.550. The first-order valence-electron chi connectivity index (χ1n) is 10.4. The van der Waals surface area contributed by atoms with Gasteiger partial charge in [0, 0.05) is 6.42 Å². The molecule has 0 aromatic rings. The number of hydrogen-bond donors (Lipinski definition) is 3. The van der Waals surface area contributed by atoms with Crippen LogP contribution in [0.5, 0.6) is 0 Å². The quantitative estimate of drug-likeness (QED) is 0.252. The molecular weight excluding hydrogens is 304 g/mol. The second-order valence-electron chi connectivity index (χ2n) is 5.42. The molecule has 0 spiro atoms. The summed E-state index contributed by atoms with van der Waals surface area (Å²) in [6, 6.07) is -0.148. The van der Waals surface area contributed by atoms with E-state index in [1.54, 1.807) is 0 Å². The molecule has 0 aliphatic heterocycles. The minimum absolute atomic E-state index is 0.0465. The SMILES string of the molecule is [2H]C(/C=C/C=C/[C@H](O)C/C([2H])=C(/[2H])CCCCC)=C(\[2H])[C@@H](O)CCCC(=O)O. The molecule has 0 rings (SSSR count). The molecular formula is C20H32O4. The van der Waals surface area contributed by atoms with Gasteiger partial charge in [0.2, 0.25) is 0 Å². The predicted molar refractivity (Wildman–Crippen MR) is 98.8 cm³/mol. The highest BCUT2D eigenvalue weighted by Crippen LogP contribution is 2.03. The molecule has 4 nitrogen and oxygen atoms in total. The summed E-state index contributed by atoms with van der Waals surface area (Å²) in [6.07, 6.45) is 7.28. The molecule has 24 heavy (non-hydrogen) atoms. The summed E-state index contributed by atoms with van der Waals surface area (Å²) >= 11 is 0. The Morgan fingerprint density at radius 1 is 1.08 bits per heavy atom. The molecule has 136 valence electrons. The van der Waals surface area contributed by atoms with Gasteiger partial charge in [0.25, 0.3) is 0 Å². The number of allylic oxidation sites excluding steroid dienone is 5. The molecule has 0 aliphatic rings. The number of rotatable bonds is 14. The number of carboxylic acids is 1. The third-order valence-corrected chi connectivity index (χ3v) is 3.08. The van der Waals surface area contributed by atoms with Gasteiger partial charge >= 0.3 is 5.97 Å². The van der Waals surface area contributed by atoms with Crippen LogP contribution >= 0.6 is 0 Å². The van der Waals surface area contributed by atoms with Gasteiger partial charge in [-0.05, 0) is 32.1 Å². The van der Waals surface area contributed by atoms with Gasteiger partial charge in [-0.15, -0.1) is 0 Å². The molecule has 0 aliphatic carbocycles. The Morgan fingerprint density at radius 3 is 2.58 bits per heavy atom. The van der Waals surface area contributed by atoms with E-state index in [-0.39, 0.29) is 49.9 Å². The van der Waals surface area contributed by atoms with E-state index >= 15 is 0 Å². The third-order valence-electron chi connectivity index (χ3n) is 3.08. The Bertz CT molecular complexity index is 597. The number of hydrogen-bond acceptors (Lipinski definition) is 3. The molecule has 0 amide bonds. The second-order valence-corrected chi connectivity index (χ2v) is 5.42. The molecule has 0 saturated carbocycles. The van der Waals surface area contributed by atoms with E-state index in [9.17, 15) is 15.0 Å². The molecule has 3 N–H and O–H groups in total. The molecule has 0 unspecified atom stereocenters. The van der Waals surface area contributed by atoms with E-state index in [1.807, 2.05) is 0 Å². The van der Waals surface area contributed by atoms with Crippen LogP contribution in [0.1, 0.15) is 63.8 Å². The number of carboxylic acid groups (broad SMARTS) is 1. The van der Waals surface area contributed by atoms with E-state index in [2.05, 4.69) is 6.92 Å². The summed E-state index contributed by atoms with van der Waals surface area (Å²) in [4.78, 5) is 10.4. The molecule has 0 fully saturated rings. The van der Waals surface area contributed by atoms with Gasteiger partial charge in [-0.2, -0.15) is 0 Å². The van der Waals surface area contributed by atoms with Crippen molar-refractivity contribution in [3.8, 4) is 0 Å². The molecule has 0 heterocycles. The van der Waals surface area contributed by atoms with Gasteiger partial charge in [0.15, 0.2) is 0 Å². The zero-order valence-electron chi connectivity index (χ0n) is 18.4. The van der Waals surface area contributed by atoms with E-state index < -0.39 is 18.2 Å². The van der Waals surface area contributed by atoms with Gasteiger partial charge in [-0.1, -0.05) is 68.3 Å². The Hall–Kier alpha value is -1.65. The first-order chi connectivity index (χ1) is 13.2. The Morgan fingerprint density at radius 2 is 1.88 bits per heavy atom. The summed E-state index contributed by atoms with van der Waals surface area (Å²) in [6.45, 7) is 2.07. The molecule has 0 bridgehead atoms. The predicted octanol–water partition coefficient (Wildman–Crippen LogP) is 4.16. The lowest BCUT2D eigenvalue weighted by atomic mass is 10.1. The van der Waals surface area contributed by atoms with Gasteiger partial charge in [-0.3, -0.25) is 4.79 Å². The summed E-state index contributed by atoms with van der Waals surface area (Å²) < 4.78 is 31.1. The molecule has 4 heteroatoms. The highest BCUT2D eigenvalue weighted by molar-refractivity contribution is 5.66. The lowest BCUT2D eigenvalue weighted by molar-refractivity contribution is -0.137. The topological polar surface area (TPSA) is 77.8 Å². The van der Waals surface area contributed by atoms with Crippen molar-refractivity contribution in [1.29, 1.82) is 0 Å². The third kappa shape index (κ3) is 16.7. The summed E-state index contributed by atoms with van der Waals surface area (Å²) in [5.74, 6) is -0.971. The van der Waals surface area contributed by atoms with Crippen LogP contribution in [0.2, 0.25) is 0 Å². The van der Waals surface area contributed by atoms with Crippen molar-refractivity contribution in [3.05, 3.63) is 48.5 Å². The van der Waals surface area contributed by atoms with Gasteiger partial charge in [-0.25, -0.2) is 0 Å². The van der Waals surface area contributed by atoms with Crippen LogP contribution in [0.4, 0.5) is 0 Å². The maximum atomic E-state index is 10.4. The standard InChI is InChI=1S/C20H32O4/c1-2-3-4-5-6-9-13-18(21)14-10-7-8-11-15-19(22)16-12-17-20(23)24/h6-11,14-15,18-19,21-22H,2-5,12-13,16-17H2,1H3,(H,23,24)/b8-7+,9-6-,14-10+,15-11-/t18-,19-/m1/s1/i6D,9D,11D,15D. The van der Waals surface area contributed by atoms with E-state index in [0.29, 0.717) is 6.42 Å².